The quantitative estimate of drug-likeness (QED) is 0.782. The fourth-order valence-corrected chi connectivity index (χ4v) is 2.82. The van der Waals surface area contributed by atoms with E-state index in [-0.39, 0.29) is 5.56 Å². The third-order valence-corrected chi connectivity index (χ3v) is 3.97. The van der Waals surface area contributed by atoms with Crippen molar-refractivity contribution in [2.24, 2.45) is 0 Å². The second-order valence-electron chi connectivity index (χ2n) is 4.40. The van der Waals surface area contributed by atoms with E-state index in [9.17, 15) is 14.4 Å². The summed E-state index contributed by atoms with van der Waals surface area (Å²) in [6.45, 7) is 0. The first kappa shape index (κ1) is 13.3. The van der Waals surface area contributed by atoms with Gasteiger partial charge in [0, 0.05) is 5.56 Å². The van der Waals surface area contributed by atoms with E-state index in [1.54, 1.807) is 18.2 Å². The van der Waals surface area contributed by atoms with Gasteiger partial charge in [0.1, 0.15) is 17.4 Å². The number of aromatic amines is 1. The fourth-order valence-electron chi connectivity index (χ4n) is 2.12. The van der Waals surface area contributed by atoms with Gasteiger partial charge in [-0.3, -0.25) is 4.79 Å². The summed E-state index contributed by atoms with van der Waals surface area (Å²) in [6, 6.07) is 13.2. The van der Waals surface area contributed by atoms with Gasteiger partial charge >= 0.3 is 0 Å². The van der Waals surface area contributed by atoms with Gasteiger partial charge in [0.2, 0.25) is 0 Å². The molecule has 0 aliphatic carbocycles. The monoisotopic (exact) mass is 296 g/mol. The van der Waals surface area contributed by atoms with Gasteiger partial charge < -0.3 is 4.98 Å². The van der Waals surface area contributed by atoms with Gasteiger partial charge in [-0.05, 0) is 35.2 Å². The number of benzene rings is 1. The van der Waals surface area contributed by atoms with E-state index in [1.807, 2.05) is 23.6 Å². The lowest BCUT2D eigenvalue weighted by Crippen LogP contribution is -2.12. The third kappa shape index (κ3) is 2.49. The second kappa shape index (κ2) is 5.35. The molecule has 0 spiro atoms. The average molecular weight is 296 g/mol. The molecule has 2 heterocycles. The van der Waals surface area contributed by atoms with Crippen molar-refractivity contribution in [1.29, 1.82) is 5.26 Å². The molecule has 3 aromatic rings. The second-order valence-corrected chi connectivity index (χ2v) is 5.35. The third-order valence-electron chi connectivity index (χ3n) is 3.07. The lowest BCUT2D eigenvalue weighted by atomic mass is 10.0. The molecule has 0 radical (unpaired) electrons. The number of rotatable bonds is 2. The maximum atomic E-state index is 13.4. The Labute approximate surface area is 123 Å². The summed E-state index contributed by atoms with van der Waals surface area (Å²) < 4.78 is 13.4. The van der Waals surface area contributed by atoms with Crippen molar-refractivity contribution in [3.8, 4) is 27.8 Å². The Morgan fingerprint density at radius 1 is 1.19 bits per heavy atom. The Kier molecular flexibility index (Phi) is 3.38. The zero-order chi connectivity index (χ0) is 14.8. The number of hydrogen-bond acceptors (Lipinski definition) is 3. The van der Waals surface area contributed by atoms with E-state index < -0.39 is 11.4 Å². The van der Waals surface area contributed by atoms with Gasteiger partial charge in [0.05, 0.1) is 10.6 Å². The largest absolute Gasteiger partial charge is 0.320 e. The Hall–Kier alpha value is -2.71. The SMILES string of the molecule is N#Cc1c(-c2cccc(F)c2)cc(-c2cccs2)[nH]c1=O. The van der Waals surface area contributed by atoms with E-state index in [0.29, 0.717) is 16.8 Å². The summed E-state index contributed by atoms with van der Waals surface area (Å²) in [7, 11) is 0. The maximum absolute atomic E-state index is 13.4. The summed E-state index contributed by atoms with van der Waals surface area (Å²) in [4.78, 5) is 15.7. The predicted molar refractivity (Wildman–Crippen MR) is 80.5 cm³/mol. The first-order valence-corrected chi connectivity index (χ1v) is 7.04. The topological polar surface area (TPSA) is 56.6 Å². The Balaban J connectivity index is 2.28. The van der Waals surface area contributed by atoms with Gasteiger partial charge in [0.25, 0.3) is 5.56 Å². The van der Waals surface area contributed by atoms with E-state index in [1.165, 1.54) is 23.5 Å². The van der Waals surface area contributed by atoms with Crippen molar-refractivity contribution < 1.29 is 4.39 Å². The lowest BCUT2D eigenvalue weighted by molar-refractivity contribution is 0.628. The van der Waals surface area contributed by atoms with E-state index >= 15 is 0 Å². The van der Waals surface area contributed by atoms with Crippen molar-refractivity contribution >= 4 is 11.3 Å². The Bertz CT molecular complexity index is 891. The molecular weight excluding hydrogens is 287 g/mol. The van der Waals surface area contributed by atoms with Crippen molar-refractivity contribution in [2.45, 2.75) is 0 Å². The number of nitriles is 1. The zero-order valence-electron chi connectivity index (χ0n) is 10.8. The van der Waals surface area contributed by atoms with Crippen molar-refractivity contribution in [3.05, 3.63) is 69.6 Å². The average Bonchev–Trinajstić information content (AvgIpc) is 3.00. The molecule has 1 aromatic carbocycles. The van der Waals surface area contributed by atoms with Crippen LogP contribution >= 0.6 is 11.3 Å². The smallest absolute Gasteiger partial charge is 0.266 e. The van der Waals surface area contributed by atoms with Gasteiger partial charge in [-0.25, -0.2) is 4.39 Å². The molecule has 0 saturated carbocycles. The number of nitrogens with one attached hydrogen (secondary N) is 1. The fraction of sp³-hybridized carbons (Fsp3) is 0. The number of H-pyrrole nitrogens is 1. The highest BCUT2D eigenvalue weighted by atomic mass is 32.1. The number of halogens is 1. The molecule has 0 fully saturated rings. The molecule has 5 heteroatoms. The van der Waals surface area contributed by atoms with Crippen LogP contribution in [-0.2, 0) is 0 Å². The molecule has 0 atom stereocenters. The minimum Gasteiger partial charge on any atom is -0.320 e. The first-order chi connectivity index (χ1) is 10.2. The van der Waals surface area contributed by atoms with E-state index in [2.05, 4.69) is 4.98 Å². The first-order valence-electron chi connectivity index (χ1n) is 6.16. The molecule has 3 nitrogen and oxygen atoms in total. The van der Waals surface area contributed by atoms with Crippen LogP contribution in [0.3, 0.4) is 0 Å². The van der Waals surface area contributed by atoms with Crippen molar-refractivity contribution in [2.75, 3.05) is 0 Å². The molecule has 102 valence electrons. The van der Waals surface area contributed by atoms with Gasteiger partial charge in [-0.15, -0.1) is 11.3 Å². The van der Waals surface area contributed by atoms with Crippen LogP contribution in [0.15, 0.2) is 52.6 Å². The molecule has 2 aromatic heterocycles. The number of pyridine rings is 1. The lowest BCUT2D eigenvalue weighted by Gasteiger charge is -2.07. The standard InChI is InChI=1S/C16H9FN2OS/c17-11-4-1-3-10(7-11)12-8-14(15-5-2-6-21-15)19-16(20)13(12)9-18/h1-8H,(H,19,20). The molecule has 0 aliphatic rings. The molecule has 0 saturated heterocycles. The van der Waals surface area contributed by atoms with E-state index in [0.717, 1.165) is 4.88 Å². The van der Waals surface area contributed by atoms with Crippen LogP contribution in [0.4, 0.5) is 4.39 Å². The Morgan fingerprint density at radius 3 is 2.71 bits per heavy atom. The van der Waals surface area contributed by atoms with Crippen LogP contribution in [-0.4, -0.2) is 4.98 Å². The van der Waals surface area contributed by atoms with Crippen LogP contribution in [0.2, 0.25) is 0 Å². The summed E-state index contributed by atoms with van der Waals surface area (Å²) in [5.74, 6) is -0.408. The molecule has 3 rings (SSSR count). The molecule has 21 heavy (non-hydrogen) atoms. The predicted octanol–water partition coefficient (Wildman–Crippen LogP) is 3.78. The summed E-state index contributed by atoms with van der Waals surface area (Å²) in [5, 5.41) is 11.1. The molecule has 0 bridgehead atoms. The zero-order valence-corrected chi connectivity index (χ0v) is 11.6. The van der Waals surface area contributed by atoms with Crippen LogP contribution in [0.25, 0.3) is 21.7 Å². The van der Waals surface area contributed by atoms with Crippen molar-refractivity contribution in [3.63, 3.8) is 0 Å². The molecule has 0 amide bonds. The maximum Gasteiger partial charge on any atom is 0.266 e. The highest BCUT2D eigenvalue weighted by Crippen LogP contribution is 2.28. The number of thiophene rings is 1. The normalized spacial score (nSPS) is 10.3. The van der Waals surface area contributed by atoms with Crippen molar-refractivity contribution in [1.82, 2.24) is 4.98 Å². The molecule has 0 aliphatic heterocycles. The number of nitrogens with zero attached hydrogens (tertiary/aromatic N) is 1. The van der Waals surface area contributed by atoms with Crippen LogP contribution in [0.1, 0.15) is 5.56 Å². The van der Waals surface area contributed by atoms with Crippen LogP contribution < -0.4 is 5.56 Å². The summed E-state index contributed by atoms with van der Waals surface area (Å²) >= 11 is 1.48. The number of aromatic nitrogens is 1. The highest BCUT2D eigenvalue weighted by molar-refractivity contribution is 7.13. The van der Waals surface area contributed by atoms with E-state index in [4.69, 9.17) is 0 Å². The van der Waals surface area contributed by atoms with Crippen LogP contribution in [0.5, 0.6) is 0 Å². The summed E-state index contributed by atoms with van der Waals surface area (Å²) in [5.41, 5.74) is 1.08. The molecule has 0 unspecified atom stereocenters. The minimum absolute atomic E-state index is 0.0130. The van der Waals surface area contributed by atoms with Gasteiger partial charge in [-0.2, -0.15) is 5.26 Å². The minimum atomic E-state index is -0.470. The van der Waals surface area contributed by atoms with Crippen LogP contribution in [0, 0.1) is 17.1 Å². The molecule has 1 N–H and O–H groups in total. The van der Waals surface area contributed by atoms with Gasteiger partial charge in [-0.1, -0.05) is 18.2 Å². The summed E-state index contributed by atoms with van der Waals surface area (Å²) in [6.07, 6.45) is 0. The Morgan fingerprint density at radius 2 is 2.05 bits per heavy atom. The highest BCUT2D eigenvalue weighted by Gasteiger charge is 2.13. The molecular formula is C16H9FN2OS. The number of hydrogen-bond donors (Lipinski definition) is 1. The van der Waals surface area contributed by atoms with Gasteiger partial charge in [0.15, 0.2) is 0 Å².